The Balaban J connectivity index is 1.39. The van der Waals surface area contributed by atoms with E-state index in [1.54, 1.807) is 29.2 Å². The minimum atomic E-state index is -0.457. The van der Waals surface area contributed by atoms with Crippen molar-refractivity contribution in [2.24, 2.45) is 5.92 Å². The first kappa shape index (κ1) is 20.2. The Morgan fingerprint density at radius 3 is 2.97 bits per heavy atom. The highest BCUT2D eigenvalue weighted by Gasteiger charge is 2.34. The smallest absolute Gasteiger partial charge is 0.229 e. The van der Waals surface area contributed by atoms with Gasteiger partial charge in [-0.05, 0) is 48.4 Å². The number of rotatable bonds is 6. The second kappa shape index (κ2) is 8.36. The van der Waals surface area contributed by atoms with Crippen LogP contribution in [0.4, 0.5) is 10.1 Å². The molecule has 1 unspecified atom stereocenters. The lowest BCUT2D eigenvalue weighted by molar-refractivity contribution is -0.128. The Morgan fingerprint density at radius 1 is 1.33 bits per heavy atom. The topological polar surface area (TPSA) is 74.4 Å². The molecule has 1 aliphatic heterocycles. The second-order valence-corrected chi connectivity index (χ2v) is 7.76. The lowest BCUT2D eigenvalue weighted by Crippen LogP contribution is -2.30. The van der Waals surface area contributed by atoms with Crippen LogP contribution in [0.15, 0.2) is 42.6 Å². The molecule has 0 saturated carbocycles. The molecule has 0 radical (unpaired) electrons. The molecule has 156 valence electrons. The molecule has 0 aliphatic carbocycles. The van der Waals surface area contributed by atoms with Crippen molar-refractivity contribution in [3.05, 3.63) is 59.0 Å². The fourth-order valence-corrected chi connectivity index (χ4v) is 3.96. The zero-order chi connectivity index (χ0) is 21.3. The summed E-state index contributed by atoms with van der Waals surface area (Å²) in [5, 5.41) is 4.10. The van der Waals surface area contributed by atoms with Gasteiger partial charge in [0.25, 0.3) is 0 Å². The number of halogens is 2. The van der Waals surface area contributed by atoms with Gasteiger partial charge in [0.15, 0.2) is 0 Å². The van der Waals surface area contributed by atoms with E-state index in [2.05, 4.69) is 10.3 Å². The molecule has 1 aliphatic rings. The molecule has 2 N–H and O–H groups in total. The average Bonchev–Trinajstić information content (AvgIpc) is 3.29. The van der Waals surface area contributed by atoms with E-state index in [0.717, 1.165) is 16.5 Å². The fraction of sp³-hybridized carbons (Fsp3) is 0.273. The van der Waals surface area contributed by atoms with Crippen LogP contribution in [-0.4, -0.2) is 41.9 Å². The van der Waals surface area contributed by atoms with Gasteiger partial charge in [0.05, 0.1) is 18.7 Å². The first-order chi connectivity index (χ1) is 14.4. The summed E-state index contributed by atoms with van der Waals surface area (Å²) >= 11 is 6.01. The summed E-state index contributed by atoms with van der Waals surface area (Å²) in [6.45, 7) is 0.802. The van der Waals surface area contributed by atoms with Crippen LogP contribution in [-0.2, 0) is 16.0 Å². The van der Waals surface area contributed by atoms with Gasteiger partial charge >= 0.3 is 0 Å². The first-order valence-electron chi connectivity index (χ1n) is 9.62. The number of carbonyl (C=O) groups is 2. The quantitative estimate of drug-likeness (QED) is 0.622. The van der Waals surface area contributed by atoms with E-state index in [9.17, 15) is 14.0 Å². The largest absolute Gasteiger partial charge is 0.495 e. The van der Waals surface area contributed by atoms with Gasteiger partial charge in [-0.25, -0.2) is 4.39 Å². The highest BCUT2D eigenvalue weighted by molar-refractivity contribution is 6.31. The molecule has 8 heteroatoms. The van der Waals surface area contributed by atoms with E-state index in [4.69, 9.17) is 16.3 Å². The summed E-state index contributed by atoms with van der Waals surface area (Å²) in [5.74, 6) is -0.573. The molecule has 0 bridgehead atoms. The standard InChI is InChI=1S/C22H21ClFN3O3/c1-30-20-5-2-15(23)9-19(20)26-22(29)14-8-21(28)27(12-14)7-6-13-11-25-18-4-3-16(24)10-17(13)18/h2-5,9-11,14,25H,6-8,12H2,1H3,(H,26,29). The number of likely N-dealkylation sites (tertiary alicyclic amines) is 1. The zero-order valence-corrected chi connectivity index (χ0v) is 17.1. The highest BCUT2D eigenvalue weighted by Crippen LogP contribution is 2.29. The number of benzene rings is 2. The molecule has 0 spiro atoms. The van der Waals surface area contributed by atoms with Crippen molar-refractivity contribution in [1.29, 1.82) is 0 Å². The van der Waals surface area contributed by atoms with Crippen molar-refractivity contribution >= 4 is 40.0 Å². The van der Waals surface area contributed by atoms with Gasteiger partial charge in [0.2, 0.25) is 11.8 Å². The second-order valence-electron chi connectivity index (χ2n) is 7.33. The summed E-state index contributed by atoms with van der Waals surface area (Å²) in [4.78, 5) is 29.9. The Bertz CT molecular complexity index is 1110. The maximum Gasteiger partial charge on any atom is 0.229 e. The van der Waals surface area contributed by atoms with Crippen LogP contribution in [0.5, 0.6) is 5.75 Å². The van der Waals surface area contributed by atoms with Crippen molar-refractivity contribution in [2.75, 3.05) is 25.5 Å². The van der Waals surface area contributed by atoms with Crippen molar-refractivity contribution in [3.8, 4) is 5.75 Å². The number of hydrogen-bond donors (Lipinski definition) is 2. The SMILES string of the molecule is COc1ccc(Cl)cc1NC(=O)C1CC(=O)N(CCc2c[nH]c3ccc(F)cc23)C1. The number of H-pyrrole nitrogens is 1. The average molecular weight is 430 g/mol. The van der Waals surface area contributed by atoms with Gasteiger partial charge in [-0.15, -0.1) is 0 Å². The number of aromatic amines is 1. The molecular weight excluding hydrogens is 409 g/mol. The molecule has 3 aromatic rings. The summed E-state index contributed by atoms with van der Waals surface area (Å²) < 4.78 is 18.8. The molecule has 4 rings (SSSR count). The van der Waals surface area contributed by atoms with Crippen molar-refractivity contribution in [3.63, 3.8) is 0 Å². The fourth-order valence-electron chi connectivity index (χ4n) is 3.79. The Labute approximate surface area is 178 Å². The third kappa shape index (κ3) is 4.11. The monoisotopic (exact) mass is 429 g/mol. The van der Waals surface area contributed by atoms with E-state index in [0.29, 0.717) is 36.0 Å². The van der Waals surface area contributed by atoms with Crippen LogP contribution < -0.4 is 10.1 Å². The summed E-state index contributed by atoms with van der Waals surface area (Å²) in [5.41, 5.74) is 2.27. The molecule has 2 heterocycles. The van der Waals surface area contributed by atoms with E-state index >= 15 is 0 Å². The number of fused-ring (bicyclic) bond motifs is 1. The molecule has 2 amide bonds. The van der Waals surface area contributed by atoms with E-state index in [-0.39, 0.29) is 24.1 Å². The Morgan fingerprint density at radius 2 is 2.17 bits per heavy atom. The molecule has 30 heavy (non-hydrogen) atoms. The van der Waals surface area contributed by atoms with E-state index in [1.807, 2.05) is 6.20 Å². The Kier molecular flexibility index (Phi) is 5.63. The third-order valence-corrected chi connectivity index (χ3v) is 5.62. The number of nitrogens with zero attached hydrogens (tertiary/aromatic N) is 1. The molecule has 1 saturated heterocycles. The maximum atomic E-state index is 13.6. The van der Waals surface area contributed by atoms with Gasteiger partial charge in [-0.1, -0.05) is 11.6 Å². The van der Waals surface area contributed by atoms with Crippen LogP contribution >= 0.6 is 11.6 Å². The summed E-state index contributed by atoms with van der Waals surface area (Å²) in [6.07, 6.45) is 2.56. The molecule has 1 aromatic heterocycles. The Hall–Kier alpha value is -3.06. The number of anilines is 1. The van der Waals surface area contributed by atoms with Gasteiger partial charge < -0.3 is 19.9 Å². The molecule has 1 fully saturated rings. The van der Waals surface area contributed by atoms with Crippen molar-refractivity contribution in [2.45, 2.75) is 12.8 Å². The normalized spacial score (nSPS) is 16.3. The molecule has 6 nitrogen and oxygen atoms in total. The van der Waals surface area contributed by atoms with Crippen LogP contribution in [0.1, 0.15) is 12.0 Å². The molecule has 2 aromatic carbocycles. The summed E-state index contributed by atoms with van der Waals surface area (Å²) in [7, 11) is 1.51. The summed E-state index contributed by atoms with van der Waals surface area (Å²) in [6, 6.07) is 9.55. The first-order valence-corrected chi connectivity index (χ1v) is 10.00. The highest BCUT2D eigenvalue weighted by atomic mass is 35.5. The van der Waals surface area contributed by atoms with Gasteiger partial charge in [0, 0.05) is 41.6 Å². The number of methoxy groups -OCH3 is 1. The van der Waals surface area contributed by atoms with Crippen molar-refractivity contribution < 1.29 is 18.7 Å². The molecule has 1 atom stereocenters. The van der Waals surface area contributed by atoms with E-state index < -0.39 is 5.92 Å². The predicted octanol–water partition coefficient (Wildman–Crippen LogP) is 4.00. The van der Waals surface area contributed by atoms with Crippen LogP contribution in [0.2, 0.25) is 5.02 Å². The molecular formula is C22H21ClFN3O3. The number of carbonyl (C=O) groups excluding carboxylic acids is 2. The third-order valence-electron chi connectivity index (χ3n) is 5.39. The number of nitrogens with one attached hydrogen (secondary N) is 2. The lowest BCUT2D eigenvalue weighted by Gasteiger charge is -2.17. The lowest BCUT2D eigenvalue weighted by atomic mass is 10.1. The minimum absolute atomic E-state index is 0.0702. The van der Waals surface area contributed by atoms with Crippen LogP contribution in [0, 0.1) is 11.7 Å². The van der Waals surface area contributed by atoms with E-state index in [1.165, 1.54) is 19.2 Å². The van der Waals surface area contributed by atoms with Gasteiger partial charge in [0.1, 0.15) is 11.6 Å². The number of hydrogen-bond acceptors (Lipinski definition) is 3. The number of ether oxygens (including phenoxy) is 1. The number of aromatic nitrogens is 1. The zero-order valence-electron chi connectivity index (χ0n) is 16.4. The minimum Gasteiger partial charge on any atom is -0.495 e. The van der Waals surface area contributed by atoms with Gasteiger partial charge in [-0.3, -0.25) is 9.59 Å². The predicted molar refractivity (Wildman–Crippen MR) is 113 cm³/mol. The van der Waals surface area contributed by atoms with Crippen molar-refractivity contribution in [1.82, 2.24) is 9.88 Å². The number of amides is 2. The van der Waals surface area contributed by atoms with Crippen LogP contribution in [0.25, 0.3) is 10.9 Å². The van der Waals surface area contributed by atoms with Crippen LogP contribution in [0.3, 0.4) is 0 Å². The maximum absolute atomic E-state index is 13.6. The van der Waals surface area contributed by atoms with Gasteiger partial charge in [-0.2, -0.15) is 0 Å².